The van der Waals surface area contributed by atoms with Crippen molar-refractivity contribution in [3.05, 3.63) is 41.9 Å². The first-order chi connectivity index (χ1) is 11.0. The Morgan fingerprint density at radius 1 is 1.26 bits per heavy atom. The Balaban J connectivity index is 1.71. The van der Waals surface area contributed by atoms with Crippen molar-refractivity contribution in [2.45, 2.75) is 13.5 Å². The second-order valence-electron chi connectivity index (χ2n) is 5.32. The maximum Gasteiger partial charge on any atom is 0.313 e. The summed E-state index contributed by atoms with van der Waals surface area (Å²) in [6.07, 6.45) is 3.26. The van der Waals surface area contributed by atoms with Gasteiger partial charge >= 0.3 is 11.8 Å². The molecule has 1 aromatic carbocycles. The van der Waals surface area contributed by atoms with Gasteiger partial charge in [0.15, 0.2) is 0 Å². The molecular weight excluding hydrogens is 296 g/mol. The normalized spacial score (nSPS) is 10.7. The van der Waals surface area contributed by atoms with Crippen LogP contribution >= 0.6 is 0 Å². The Morgan fingerprint density at radius 2 is 2.09 bits per heavy atom. The highest BCUT2D eigenvalue weighted by Crippen LogP contribution is 2.21. The van der Waals surface area contributed by atoms with Crippen LogP contribution in [0.3, 0.4) is 0 Å². The van der Waals surface area contributed by atoms with Gasteiger partial charge in [-0.05, 0) is 30.7 Å². The van der Waals surface area contributed by atoms with Crippen LogP contribution in [0.25, 0.3) is 10.9 Å². The number of likely N-dealkylation sites (N-methyl/N-ethyl adjacent to an activating group) is 1. The molecule has 3 aromatic rings. The van der Waals surface area contributed by atoms with E-state index in [1.54, 1.807) is 31.6 Å². The molecule has 0 aliphatic rings. The predicted octanol–water partition coefficient (Wildman–Crippen LogP) is 1.19. The summed E-state index contributed by atoms with van der Waals surface area (Å²) in [7, 11) is 1.56. The van der Waals surface area contributed by atoms with Crippen molar-refractivity contribution in [1.29, 1.82) is 0 Å². The number of amides is 2. The minimum Gasteiger partial charge on any atom is -0.332 e. The second kappa shape index (κ2) is 5.91. The zero-order chi connectivity index (χ0) is 16.4. The van der Waals surface area contributed by atoms with E-state index in [1.165, 1.54) is 4.90 Å². The van der Waals surface area contributed by atoms with Crippen molar-refractivity contribution in [3.8, 4) is 0 Å². The average Bonchev–Trinajstić information content (AvgIpc) is 3.18. The van der Waals surface area contributed by atoms with Gasteiger partial charge in [0.25, 0.3) is 0 Å². The molecule has 0 spiro atoms. The first kappa shape index (κ1) is 14.8. The topological polar surface area (TPSA) is 107 Å². The highest BCUT2D eigenvalue weighted by Gasteiger charge is 2.20. The Morgan fingerprint density at radius 3 is 2.83 bits per heavy atom. The average molecular weight is 312 g/mol. The molecular formula is C15H16N6O2. The molecule has 0 saturated carbocycles. The van der Waals surface area contributed by atoms with E-state index in [2.05, 4.69) is 25.7 Å². The van der Waals surface area contributed by atoms with Gasteiger partial charge in [-0.2, -0.15) is 10.2 Å². The lowest BCUT2D eigenvalue weighted by Crippen LogP contribution is -2.36. The third-order valence-electron chi connectivity index (χ3n) is 3.54. The summed E-state index contributed by atoms with van der Waals surface area (Å²) in [5.74, 6) is -1.30. The molecule has 0 aliphatic heterocycles. The molecule has 0 atom stereocenters. The maximum absolute atomic E-state index is 12.2. The molecule has 2 heterocycles. The Hall–Kier alpha value is -3.16. The fourth-order valence-electron chi connectivity index (χ4n) is 2.28. The second-order valence-corrected chi connectivity index (χ2v) is 5.32. The van der Waals surface area contributed by atoms with Gasteiger partial charge in [0.05, 0.1) is 24.0 Å². The number of hydrogen-bond acceptors (Lipinski definition) is 4. The molecule has 2 amide bonds. The van der Waals surface area contributed by atoms with E-state index < -0.39 is 11.8 Å². The summed E-state index contributed by atoms with van der Waals surface area (Å²) in [6.45, 7) is 2.14. The molecule has 0 saturated heterocycles. The summed E-state index contributed by atoms with van der Waals surface area (Å²) in [4.78, 5) is 25.6. The van der Waals surface area contributed by atoms with Gasteiger partial charge in [0.1, 0.15) is 0 Å². The van der Waals surface area contributed by atoms with E-state index in [9.17, 15) is 9.59 Å². The van der Waals surface area contributed by atoms with E-state index in [1.807, 2.05) is 13.0 Å². The number of benzene rings is 1. The van der Waals surface area contributed by atoms with Gasteiger partial charge < -0.3 is 10.2 Å². The molecule has 118 valence electrons. The number of anilines is 1. The van der Waals surface area contributed by atoms with Gasteiger partial charge in [0.2, 0.25) is 0 Å². The van der Waals surface area contributed by atoms with Gasteiger partial charge in [-0.3, -0.25) is 19.8 Å². The number of aromatic nitrogens is 4. The quantitative estimate of drug-likeness (QED) is 0.631. The molecule has 0 fully saturated rings. The SMILES string of the molecule is Cc1cc2[nH]ncc2cc1NC(=O)C(=O)N(C)Cc1ccn[nH]1. The van der Waals surface area contributed by atoms with Crippen LogP contribution in [-0.2, 0) is 16.1 Å². The molecule has 8 heteroatoms. The van der Waals surface area contributed by atoms with Crippen molar-refractivity contribution in [2.75, 3.05) is 12.4 Å². The first-order valence-corrected chi connectivity index (χ1v) is 7.03. The monoisotopic (exact) mass is 312 g/mol. The van der Waals surface area contributed by atoms with E-state index in [0.717, 1.165) is 22.2 Å². The van der Waals surface area contributed by atoms with Gasteiger partial charge in [-0.1, -0.05) is 0 Å². The first-order valence-electron chi connectivity index (χ1n) is 7.03. The summed E-state index contributed by atoms with van der Waals surface area (Å²) >= 11 is 0. The molecule has 23 heavy (non-hydrogen) atoms. The van der Waals surface area contributed by atoms with Crippen molar-refractivity contribution in [1.82, 2.24) is 25.3 Å². The number of carbonyl (C=O) groups is 2. The molecule has 0 aliphatic carbocycles. The van der Waals surface area contributed by atoms with Crippen LogP contribution in [0.4, 0.5) is 5.69 Å². The van der Waals surface area contributed by atoms with Crippen LogP contribution in [0.1, 0.15) is 11.3 Å². The Kier molecular flexibility index (Phi) is 3.80. The highest BCUT2D eigenvalue weighted by molar-refractivity contribution is 6.39. The van der Waals surface area contributed by atoms with Gasteiger partial charge in [-0.15, -0.1) is 0 Å². The number of aromatic amines is 2. The molecule has 3 rings (SSSR count). The third kappa shape index (κ3) is 3.05. The summed E-state index contributed by atoms with van der Waals surface area (Å²) in [5.41, 5.74) is 3.07. The summed E-state index contributed by atoms with van der Waals surface area (Å²) in [5, 5.41) is 16.9. The molecule has 0 bridgehead atoms. The van der Waals surface area contributed by atoms with Crippen LogP contribution in [0, 0.1) is 6.92 Å². The van der Waals surface area contributed by atoms with Crippen LogP contribution < -0.4 is 5.32 Å². The smallest absolute Gasteiger partial charge is 0.313 e. The van der Waals surface area contributed by atoms with Crippen LogP contribution in [0.5, 0.6) is 0 Å². The zero-order valence-corrected chi connectivity index (χ0v) is 12.8. The summed E-state index contributed by atoms with van der Waals surface area (Å²) < 4.78 is 0. The largest absolute Gasteiger partial charge is 0.332 e. The fourth-order valence-corrected chi connectivity index (χ4v) is 2.28. The number of H-pyrrole nitrogens is 2. The Bertz CT molecular complexity index is 852. The summed E-state index contributed by atoms with van der Waals surface area (Å²) in [6, 6.07) is 5.41. The third-order valence-corrected chi connectivity index (χ3v) is 3.54. The maximum atomic E-state index is 12.2. The Labute approximate surface area is 131 Å². The minimum absolute atomic E-state index is 0.284. The number of fused-ring (bicyclic) bond motifs is 1. The van der Waals surface area contributed by atoms with Crippen molar-refractivity contribution >= 4 is 28.4 Å². The molecule has 3 N–H and O–H groups in total. The van der Waals surface area contributed by atoms with E-state index in [0.29, 0.717) is 5.69 Å². The van der Waals surface area contributed by atoms with Crippen LogP contribution in [-0.4, -0.2) is 44.2 Å². The number of nitrogens with zero attached hydrogens (tertiary/aromatic N) is 3. The number of hydrogen-bond donors (Lipinski definition) is 3. The minimum atomic E-state index is -0.682. The van der Waals surface area contributed by atoms with E-state index in [4.69, 9.17) is 0 Å². The van der Waals surface area contributed by atoms with Crippen LogP contribution in [0.2, 0.25) is 0 Å². The number of rotatable bonds is 3. The predicted molar refractivity (Wildman–Crippen MR) is 84.5 cm³/mol. The lowest BCUT2D eigenvalue weighted by Gasteiger charge is -2.16. The lowest BCUT2D eigenvalue weighted by atomic mass is 10.1. The fraction of sp³-hybridized carbons (Fsp3) is 0.200. The molecule has 8 nitrogen and oxygen atoms in total. The van der Waals surface area contributed by atoms with Crippen molar-refractivity contribution < 1.29 is 9.59 Å². The molecule has 0 radical (unpaired) electrons. The number of aryl methyl sites for hydroxylation is 1. The van der Waals surface area contributed by atoms with Gasteiger partial charge in [-0.25, -0.2) is 0 Å². The van der Waals surface area contributed by atoms with Crippen molar-refractivity contribution in [2.24, 2.45) is 0 Å². The lowest BCUT2D eigenvalue weighted by molar-refractivity contribution is -0.142. The number of carbonyl (C=O) groups excluding carboxylic acids is 2. The zero-order valence-electron chi connectivity index (χ0n) is 12.8. The van der Waals surface area contributed by atoms with Gasteiger partial charge in [0, 0.05) is 24.3 Å². The standard InChI is InChI=1S/C15H16N6O2/c1-9-5-13-10(7-17-20-13)6-12(9)18-14(22)15(23)21(2)8-11-3-4-16-19-11/h3-7H,8H2,1-2H3,(H,16,19)(H,17,20)(H,18,22). The van der Waals surface area contributed by atoms with E-state index >= 15 is 0 Å². The van der Waals surface area contributed by atoms with E-state index in [-0.39, 0.29) is 6.54 Å². The van der Waals surface area contributed by atoms with Crippen LogP contribution in [0.15, 0.2) is 30.6 Å². The molecule has 0 unspecified atom stereocenters. The number of nitrogens with one attached hydrogen (secondary N) is 3. The molecule has 2 aromatic heterocycles. The highest BCUT2D eigenvalue weighted by atomic mass is 16.2. The van der Waals surface area contributed by atoms with Crippen molar-refractivity contribution in [3.63, 3.8) is 0 Å².